The summed E-state index contributed by atoms with van der Waals surface area (Å²) in [6.45, 7) is 3.08. The number of benzene rings is 1. The van der Waals surface area contributed by atoms with Crippen LogP contribution in [0.5, 0.6) is 5.88 Å². The Balaban J connectivity index is 1.38. The van der Waals surface area contributed by atoms with Gasteiger partial charge >= 0.3 is 0 Å². The lowest BCUT2D eigenvalue weighted by Gasteiger charge is -2.29. The first-order valence-corrected chi connectivity index (χ1v) is 13.4. The number of aliphatic hydroxyl groups excluding tert-OH is 2. The van der Waals surface area contributed by atoms with Gasteiger partial charge in [-0.05, 0) is 38.2 Å². The van der Waals surface area contributed by atoms with E-state index in [0.717, 1.165) is 65.8 Å². The number of pyridine rings is 1. The first-order chi connectivity index (χ1) is 19.0. The van der Waals surface area contributed by atoms with Gasteiger partial charge in [-0.15, -0.1) is 5.10 Å². The zero-order valence-corrected chi connectivity index (χ0v) is 22.2. The average Bonchev–Trinajstić information content (AvgIpc) is 3.33. The Bertz CT molecular complexity index is 1460. The maximum Gasteiger partial charge on any atom is 0.266 e. The number of aryl methyl sites for hydroxylation is 1. The normalized spacial score (nSPS) is 18.3. The first kappa shape index (κ1) is 26.8. The van der Waals surface area contributed by atoms with E-state index in [0.29, 0.717) is 12.4 Å². The lowest BCUT2D eigenvalue weighted by molar-refractivity contribution is 0.123. The summed E-state index contributed by atoms with van der Waals surface area (Å²) in [6.07, 6.45) is 4.55. The average molecular weight is 534 g/mol. The fourth-order valence-electron chi connectivity index (χ4n) is 5.07. The van der Waals surface area contributed by atoms with Gasteiger partial charge in [-0.3, -0.25) is 14.8 Å². The summed E-state index contributed by atoms with van der Waals surface area (Å²) >= 11 is 0. The number of ether oxygens (including phenoxy) is 1. The Morgan fingerprint density at radius 1 is 1.10 bits per heavy atom. The van der Waals surface area contributed by atoms with Crippen LogP contribution >= 0.6 is 0 Å². The van der Waals surface area contributed by atoms with Crippen LogP contribution in [0.2, 0.25) is 0 Å². The fourth-order valence-corrected chi connectivity index (χ4v) is 5.07. The van der Waals surface area contributed by atoms with E-state index in [4.69, 9.17) is 14.9 Å². The van der Waals surface area contributed by atoms with Crippen molar-refractivity contribution in [2.75, 3.05) is 25.0 Å². The fraction of sp³-hybridized carbons (Fsp3) is 0.429. The molecule has 1 aliphatic carbocycles. The summed E-state index contributed by atoms with van der Waals surface area (Å²) in [5.74, 6) is 1.28. The van der Waals surface area contributed by atoms with Gasteiger partial charge in [0.1, 0.15) is 23.8 Å². The number of anilines is 1. The Kier molecular flexibility index (Phi) is 8.20. The second-order valence-corrected chi connectivity index (χ2v) is 9.79. The molecule has 39 heavy (non-hydrogen) atoms. The number of nitrogens with zero attached hydrogens (tertiary/aromatic N) is 5. The number of fused-ring (bicyclic) bond motifs is 1. The van der Waals surface area contributed by atoms with Crippen molar-refractivity contribution in [3.8, 4) is 17.1 Å². The van der Waals surface area contributed by atoms with Gasteiger partial charge in [0.15, 0.2) is 0 Å². The van der Waals surface area contributed by atoms with Gasteiger partial charge in [-0.2, -0.15) is 5.10 Å². The van der Waals surface area contributed by atoms with Crippen LogP contribution < -0.4 is 20.9 Å². The van der Waals surface area contributed by atoms with Crippen molar-refractivity contribution in [3.05, 3.63) is 64.6 Å². The molecule has 1 saturated carbocycles. The second-order valence-electron chi connectivity index (χ2n) is 9.79. The molecule has 1 unspecified atom stereocenters. The number of rotatable bonds is 10. The first-order valence-electron chi connectivity index (χ1n) is 13.4. The predicted molar refractivity (Wildman–Crippen MR) is 149 cm³/mol. The number of aromatic nitrogens is 5. The third kappa shape index (κ3) is 5.95. The van der Waals surface area contributed by atoms with Gasteiger partial charge < -0.3 is 20.3 Å². The van der Waals surface area contributed by atoms with E-state index in [1.807, 2.05) is 37.4 Å². The molecule has 0 radical (unpaired) electrons. The summed E-state index contributed by atoms with van der Waals surface area (Å²) in [5, 5.41) is 35.7. The van der Waals surface area contributed by atoms with Crippen LogP contribution in [0.3, 0.4) is 0 Å². The highest BCUT2D eigenvalue weighted by molar-refractivity contribution is 5.94. The maximum absolute atomic E-state index is 11.6. The van der Waals surface area contributed by atoms with E-state index in [1.165, 1.54) is 10.7 Å². The highest BCUT2D eigenvalue weighted by Gasteiger charge is 2.27. The zero-order chi connectivity index (χ0) is 27.4. The van der Waals surface area contributed by atoms with Gasteiger partial charge in [-0.1, -0.05) is 24.3 Å². The van der Waals surface area contributed by atoms with E-state index in [9.17, 15) is 9.90 Å². The van der Waals surface area contributed by atoms with Gasteiger partial charge in [0.05, 0.1) is 18.2 Å². The lowest BCUT2D eigenvalue weighted by Crippen LogP contribution is -2.27. The summed E-state index contributed by atoms with van der Waals surface area (Å²) in [6, 6.07) is 13.0. The highest BCUT2D eigenvalue weighted by atomic mass is 16.5. The Labute approximate surface area is 226 Å². The lowest BCUT2D eigenvalue weighted by atomic mass is 9.93. The molecule has 1 aromatic carbocycles. The summed E-state index contributed by atoms with van der Waals surface area (Å²) in [7, 11) is 1.62. The van der Waals surface area contributed by atoms with Crippen LogP contribution in [0.15, 0.2) is 53.5 Å². The van der Waals surface area contributed by atoms with Crippen LogP contribution in [0.1, 0.15) is 50.4 Å². The number of hydrogen-bond acceptors (Lipinski definition) is 9. The summed E-state index contributed by atoms with van der Waals surface area (Å²) in [5.41, 5.74) is 3.36. The molecule has 1 aliphatic rings. The van der Waals surface area contributed by atoms with E-state index in [-0.39, 0.29) is 24.3 Å². The smallest absolute Gasteiger partial charge is 0.266 e. The van der Waals surface area contributed by atoms with Crippen molar-refractivity contribution in [1.29, 1.82) is 0 Å². The predicted octanol–water partition coefficient (Wildman–Crippen LogP) is 2.76. The summed E-state index contributed by atoms with van der Waals surface area (Å²) in [4.78, 5) is 16.2. The molecule has 5 rings (SSSR count). The van der Waals surface area contributed by atoms with Crippen LogP contribution in [0, 0.1) is 0 Å². The van der Waals surface area contributed by atoms with Gasteiger partial charge in [0.2, 0.25) is 5.88 Å². The second kappa shape index (κ2) is 11.9. The SMILES string of the molecule is CCNc1cc2c(cn1)c(-c1ccc(C(O)NCCO)cc1)nn2[C@H]1CC[C@@H](Oc2ccc(=O)n(C)n2)CC1. The Morgan fingerprint density at radius 3 is 2.56 bits per heavy atom. The van der Waals surface area contributed by atoms with Crippen molar-refractivity contribution in [1.82, 2.24) is 29.9 Å². The van der Waals surface area contributed by atoms with Crippen LogP contribution in [-0.4, -0.2) is 60.6 Å². The molecular formula is C28H35N7O4. The van der Waals surface area contributed by atoms with E-state index >= 15 is 0 Å². The molecule has 206 valence electrons. The standard InChI is InChI=1S/C28H35N7O4/c1-3-29-24-16-23-22(17-31-24)27(18-4-6-19(7-5-18)28(38)30-14-15-36)33-35(23)20-8-10-21(11-9-20)39-25-12-13-26(37)34(2)32-25/h4-7,12-13,16-17,20-21,28,30,36,38H,3,8-11,14-15H2,1-2H3,(H,29,31)/t20-,21+,28?. The molecule has 0 aliphatic heterocycles. The van der Waals surface area contributed by atoms with Crippen molar-refractivity contribution in [3.63, 3.8) is 0 Å². The van der Waals surface area contributed by atoms with Gasteiger partial charge in [-0.25, -0.2) is 9.67 Å². The molecule has 1 atom stereocenters. The monoisotopic (exact) mass is 533 g/mol. The Hall–Kier alpha value is -3.80. The van der Waals surface area contributed by atoms with Gasteiger partial charge in [0.25, 0.3) is 5.56 Å². The van der Waals surface area contributed by atoms with Crippen molar-refractivity contribution >= 4 is 16.7 Å². The van der Waals surface area contributed by atoms with Crippen LogP contribution in [-0.2, 0) is 7.05 Å². The third-order valence-electron chi connectivity index (χ3n) is 7.11. The van der Waals surface area contributed by atoms with E-state index < -0.39 is 6.23 Å². The zero-order valence-electron chi connectivity index (χ0n) is 22.2. The molecule has 3 heterocycles. The number of hydrogen-bond donors (Lipinski definition) is 4. The largest absolute Gasteiger partial charge is 0.473 e. The molecule has 4 aromatic rings. The summed E-state index contributed by atoms with van der Waals surface area (Å²) < 4.78 is 9.49. The third-order valence-corrected chi connectivity index (χ3v) is 7.11. The number of aliphatic hydroxyl groups is 2. The molecular weight excluding hydrogens is 498 g/mol. The van der Waals surface area contributed by atoms with Crippen molar-refractivity contribution in [2.24, 2.45) is 7.05 Å². The maximum atomic E-state index is 11.6. The quantitative estimate of drug-likeness (QED) is 0.227. The molecule has 11 nitrogen and oxygen atoms in total. The van der Waals surface area contributed by atoms with Crippen LogP contribution in [0.4, 0.5) is 5.82 Å². The molecule has 0 amide bonds. The minimum atomic E-state index is -0.849. The molecule has 11 heteroatoms. The van der Waals surface area contributed by atoms with Gasteiger partial charge in [0, 0.05) is 55.5 Å². The van der Waals surface area contributed by atoms with Crippen molar-refractivity contribution < 1.29 is 14.9 Å². The molecule has 3 aromatic heterocycles. The minimum Gasteiger partial charge on any atom is -0.473 e. The molecule has 0 spiro atoms. The van der Waals surface area contributed by atoms with E-state index in [2.05, 4.69) is 31.5 Å². The highest BCUT2D eigenvalue weighted by Crippen LogP contribution is 2.36. The molecule has 0 bridgehead atoms. The Morgan fingerprint density at radius 2 is 1.87 bits per heavy atom. The molecule has 1 fully saturated rings. The molecule has 4 N–H and O–H groups in total. The van der Waals surface area contributed by atoms with Crippen molar-refractivity contribution in [2.45, 2.75) is 51.0 Å². The number of nitrogens with one attached hydrogen (secondary N) is 2. The topological polar surface area (TPSA) is 139 Å². The molecule has 0 saturated heterocycles. The minimum absolute atomic E-state index is 0.0324. The van der Waals surface area contributed by atoms with Crippen LogP contribution in [0.25, 0.3) is 22.2 Å². The van der Waals surface area contributed by atoms with E-state index in [1.54, 1.807) is 13.1 Å².